The standard InChI is InChI=1S/C18H19NO4/c1-12(8-16-4-3-7-22-16)19-18(20)14-9-13-10-15(21-2)5-6-17(13)23-11-14/h3-7,9-10,12H,8,11H2,1-2H3,(H,19,20)/t12-/m0/s1. The van der Waals surface area contributed by atoms with Gasteiger partial charge in [-0.05, 0) is 43.3 Å². The number of carbonyl (C=O) groups is 1. The summed E-state index contributed by atoms with van der Waals surface area (Å²) in [6, 6.07) is 9.25. The van der Waals surface area contributed by atoms with E-state index >= 15 is 0 Å². The molecule has 0 radical (unpaired) electrons. The predicted octanol–water partition coefficient (Wildman–Crippen LogP) is 2.81. The molecule has 0 unspecified atom stereocenters. The number of ether oxygens (including phenoxy) is 2. The van der Waals surface area contributed by atoms with Gasteiger partial charge in [-0.15, -0.1) is 0 Å². The highest BCUT2D eigenvalue weighted by Gasteiger charge is 2.19. The topological polar surface area (TPSA) is 60.7 Å². The number of methoxy groups -OCH3 is 1. The Bertz CT molecular complexity index is 719. The summed E-state index contributed by atoms with van der Waals surface area (Å²) in [6.07, 6.45) is 4.12. The molecule has 1 aliphatic rings. The van der Waals surface area contributed by atoms with E-state index in [1.54, 1.807) is 13.4 Å². The van der Waals surface area contributed by atoms with E-state index in [1.807, 2.05) is 43.3 Å². The molecule has 3 rings (SSSR count). The lowest BCUT2D eigenvalue weighted by Gasteiger charge is -2.20. The Hall–Kier alpha value is -2.69. The van der Waals surface area contributed by atoms with Gasteiger partial charge in [0.2, 0.25) is 0 Å². The number of nitrogens with one attached hydrogen (secondary N) is 1. The van der Waals surface area contributed by atoms with Crippen molar-refractivity contribution in [3.63, 3.8) is 0 Å². The number of furan rings is 1. The van der Waals surface area contributed by atoms with E-state index in [-0.39, 0.29) is 18.6 Å². The van der Waals surface area contributed by atoms with Crippen LogP contribution in [0.2, 0.25) is 0 Å². The molecular formula is C18H19NO4. The molecule has 0 fully saturated rings. The van der Waals surface area contributed by atoms with E-state index in [9.17, 15) is 4.79 Å². The molecule has 1 aromatic heterocycles. The Morgan fingerprint density at radius 1 is 1.39 bits per heavy atom. The van der Waals surface area contributed by atoms with Crippen LogP contribution in [0.4, 0.5) is 0 Å². The fourth-order valence-corrected chi connectivity index (χ4v) is 2.51. The van der Waals surface area contributed by atoms with Crippen LogP contribution < -0.4 is 14.8 Å². The van der Waals surface area contributed by atoms with Gasteiger partial charge in [-0.2, -0.15) is 0 Å². The summed E-state index contributed by atoms with van der Waals surface area (Å²) in [7, 11) is 1.61. The Kier molecular flexibility index (Phi) is 4.37. The van der Waals surface area contributed by atoms with Crippen LogP contribution in [0.3, 0.4) is 0 Å². The number of rotatable bonds is 5. The molecule has 0 saturated heterocycles. The highest BCUT2D eigenvalue weighted by molar-refractivity contribution is 5.99. The Balaban J connectivity index is 1.68. The van der Waals surface area contributed by atoms with Gasteiger partial charge in [0.1, 0.15) is 23.9 Å². The van der Waals surface area contributed by atoms with Gasteiger partial charge in [-0.1, -0.05) is 0 Å². The molecule has 1 atom stereocenters. The molecule has 0 bridgehead atoms. The summed E-state index contributed by atoms with van der Waals surface area (Å²) < 4.78 is 16.1. The summed E-state index contributed by atoms with van der Waals surface area (Å²) in [5, 5.41) is 2.97. The van der Waals surface area contributed by atoms with Crippen LogP contribution in [-0.4, -0.2) is 25.7 Å². The lowest BCUT2D eigenvalue weighted by molar-refractivity contribution is -0.118. The number of carbonyl (C=O) groups excluding carboxylic acids is 1. The number of amides is 1. The largest absolute Gasteiger partial charge is 0.497 e. The van der Waals surface area contributed by atoms with E-state index < -0.39 is 0 Å². The van der Waals surface area contributed by atoms with E-state index in [2.05, 4.69) is 5.32 Å². The normalized spacial score (nSPS) is 14.3. The van der Waals surface area contributed by atoms with Crippen molar-refractivity contribution in [1.29, 1.82) is 0 Å². The number of hydrogen-bond acceptors (Lipinski definition) is 4. The van der Waals surface area contributed by atoms with Crippen LogP contribution in [0.25, 0.3) is 6.08 Å². The van der Waals surface area contributed by atoms with Crippen LogP contribution in [0.15, 0.2) is 46.6 Å². The van der Waals surface area contributed by atoms with Gasteiger partial charge in [-0.3, -0.25) is 4.79 Å². The second kappa shape index (κ2) is 6.60. The van der Waals surface area contributed by atoms with E-state index in [1.165, 1.54) is 0 Å². The zero-order chi connectivity index (χ0) is 16.2. The van der Waals surface area contributed by atoms with E-state index in [4.69, 9.17) is 13.9 Å². The third kappa shape index (κ3) is 3.56. The molecule has 0 spiro atoms. The molecule has 0 aliphatic carbocycles. The van der Waals surface area contributed by atoms with Crippen molar-refractivity contribution >= 4 is 12.0 Å². The van der Waals surface area contributed by atoms with Crippen LogP contribution in [0.1, 0.15) is 18.2 Å². The van der Waals surface area contributed by atoms with Crippen molar-refractivity contribution in [3.8, 4) is 11.5 Å². The maximum absolute atomic E-state index is 12.4. The van der Waals surface area contributed by atoms with Gasteiger partial charge in [-0.25, -0.2) is 0 Å². The minimum atomic E-state index is -0.127. The van der Waals surface area contributed by atoms with Crippen LogP contribution in [0, 0.1) is 0 Å². The van der Waals surface area contributed by atoms with Gasteiger partial charge >= 0.3 is 0 Å². The monoisotopic (exact) mass is 313 g/mol. The molecule has 1 N–H and O–H groups in total. The summed E-state index contributed by atoms with van der Waals surface area (Å²) in [5.74, 6) is 2.21. The molecule has 120 valence electrons. The molecule has 1 amide bonds. The minimum Gasteiger partial charge on any atom is -0.497 e. The highest BCUT2D eigenvalue weighted by Crippen LogP contribution is 2.29. The van der Waals surface area contributed by atoms with Gasteiger partial charge in [0.25, 0.3) is 5.91 Å². The lowest BCUT2D eigenvalue weighted by atomic mass is 10.1. The first-order valence-electron chi connectivity index (χ1n) is 7.50. The van der Waals surface area contributed by atoms with E-state index in [0.29, 0.717) is 12.0 Å². The highest BCUT2D eigenvalue weighted by atomic mass is 16.5. The fraction of sp³-hybridized carbons (Fsp3) is 0.278. The second-order valence-corrected chi connectivity index (χ2v) is 5.52. The lowest BCUT2D eigenvalue weighted by Crippen LogP contribution is -2.36. The first-order chi connectivity index (χ1) is 11.2. The van der Waals surface area contributed by atoms with Crippen LogP contribution >= 0.6 is 0 Å². The van der Waals surface area contributed by atoms with Gasteiger partial charge < -0.3 is 19.2 Å². The second-order valence-electron chi connectivity index (χ2n) is 5.52. The minimum absolute atomic E-state index is 0.0266. The first kappa shape index (κ1) is 15.2. The van der Waals surface area contributed by atoms with Crippen LogP contribution in [-0.2, 0) is 11.2 Å². The molecule has 5 heteroatoms. The zero-order valence-corrected chi connectivity index (χ0v) is 13.2. The number of fused-ring (bicyclic) bond motifs is 1. The molecule has 2 heterocycles. The Labute approximate surface area is 134 Å². The van der Waals surface area contributed by atoms with Gasteiger partial charge in [0.05, 0.1) is 18.9 Å². The summed E-state index contributed by atoms with van der Waals surface area (Å²) >= 11 is 0. The quantitative estimate of drug-likeness (QED) is 0.922. The Morgan fingerprint density at radius 2 is 2.26 bits per heavy atom. The van der Waals surface area contributed by atoms with Crippen LogP contribution in [0.5, 0.6) is 11.5 Å². The zero-order valence-electron chi connectivity index (χ0n) is 13.2. The molecule has 1 aliphatic heterocycles. The van der Waals surface area contributed by atoms with Gasteiger partial charge in [0, 0.05) is 18.0 Å². The third-order valence-corrected chi connectivity index (χ3v) is 3.69. The summed E-state index contributed by atoms with van der Waals surface area (Å²) in [5.41, 5.74) is 1.44. The number of benzene rings is 1. The van der Waals surface area contributed by atoms with Crippen molar-refractivity contribution in [1.82, 2.24) is 5.32 Å². The molecule has 0 saturated carbocycles. The third-order valence-electron chi connectivity index (χ3n) is 3.69. The predicted molar refractivity (Wildman–Crippen MR) is 86.5 cm³/mol. The maximum atomic E-state index is 12.4. The van der Waals surface area contributed by atoms with Crippen molar-refractivity contribution in [2.75, 3.05) is 13.7 Å². The van der Waals surface area contributed by atoms with Crippen molar-refractivity contribution in [2.24, 2.45) is 0 Å². The summed E-state index contributed by atoms with van der Waals surface area (Å²) in [6.45, 7) is 2.21. The van der Waals surface area contributed by atoms with Crippen molar-refractivity contribution < 1.29 is 18.7 Å². The average Bonchev–Trinajstić information content (AvgIpc) is 3.06. The number of hydrogen-bond donors (Lipinski definition) is 1. The maximum Gasteiger partial charge on any atom is 0.250 e. The van der Waals surface area contributed by atoms with Crippen molar-refractivity contribution in [2.45, 2.75) is 19.4 Å². The molecular weight excluding hydrogens is 294 g/mol. The Morgan fingerprint density at radius 3 is 3.00 bits per heavy atom. The molecule has 1 aromatic carbocycles. The molecule has 5 nitrogen and oxygen atoms in total. The smallest absolute Gasteiger partial charge is 0.250 e. The average molecular weight is 313 g/mol. The SMILES string of the molecule is COc1ccc2c(c1)C=C(C(=O)N[C@@H](C)Cc1ccco1)CO2. The molecule has 23 heavy (non-hydrogen) atoms. The summed E-state index contributed by atoms with van der Waals surface area (Å²) in [4.78, 5) is 12.4. The van der Waals surface area contributed by atoms with Gasteiger partial charge in [0.15, 0.2) is 0 Å². The van der Waals surface area contributed by atoms with E-state index in [0.717, 1.165) is 22.8 Å². The first-order valence-corrected chi connectivity index (χ1v) is 7.50. The molecule has 2 aromatic rings. The fourth-order valence-electron chi connectivity index (χ4n) is 2.51. The van der Waals surface area contributed by atoms with Crippen molar-refractivity contribution in [3.05, 3.63) is 53.5 Å².